The number of nitrogens with one attached hydrogen (secondary N) is 3. The van der Waals surface area contributed by atoms with Crippen LogP contribution in [-0.4, -0.2) is 29.3 Å². The van der Waals surface area contributed by atoms with Crippen molar-refractivity contribution < 1.29 is 18.8 Å². The van der Waals surface area contributed by atoms with Crippen molar-refractivity contribution in [1.29, 1.82) is 0 Å². The third-order valence-electron chi connectivity index (χ3n) is 4.56. The lowest BCUT2D eigenvalue weighted by Gasteiger charge is -2.15. The molecule has 2 aromatic rings. The first kappa shape index (κ1) is 20.3. The second-order valence-electron chi connectivity index (χ2n) is 6.92. The largest absolute Gasteiger partial charge is 0.338 e. The summed E-state index contributed by atoms with van der Waals surface area (Å²) < 4.78 is 13.7. The number of anilines is 2. The van der Waals surface area contributed by atoms with Gasteiger partial charge in [-0.1, -0.05) is 24.3 Å². The van der Waals surface area contributed by atoms with Gasteiger partial charge in [0.05, 0.1) is 5.69 Å². The van der Waals surface area contributed by atoms with Gasteiger partial charge in [0.15, 0.2) is 0 Å². The van der Waals surface area contributed by atoms with Crippen molar-refractivity contribution in [2.45, 2.75) is 32.9 Å². The number of hydrogen-bond donors (Lipinski definition) is 3. The molecule has 1 heterocycles. The predicted molar refractivity (Wildman–Crippen MR) is 108 cm³/mol. The lowest BCUT2D eigenvalue weighted by Crippen LogP contribution is -2.28. The summed E-state index contributed by atoms with van der Waals surface area (Å²) in [7, 11) is 0. The molecule has 29 heavy (non-hydrogen) atoms. The van der Waals surface area contributed by atoms with Gasteiger partial charge in [0, 0.05) is 38.7 Å². The van der Waals surface area contributed by atoms with Crippen molar-refractivity contribution in [3.63, 3.8) is 0 Å². The van der Waals surface area contributed by atoms with E-state index in [9.17, 15) is 18.8 Å². The van der Waals surface area contributed by atoms with Crippen LogP contribution in [-0.2, 0) is 22.7 Å². The number of benzene rings is 2. The number of urea groups is 1. The summed E-state index contributed by atoms with van der Waals surface area (Å²) in [6.07, 6.45) is 1.54. The summed E-state index contributed by atoms with van der Waals surface area (Å²) in [5, 5.41) is 7.70. The zero-order valence-corrected chi connectivity index (χ0v) is 16.1. The molecule has 3 N–H and O–H groups in total. The second-order valence-corrected chi connectivity index (χ2v) is 6.92. The maximum Gasteiger partial charge on any atom is 0.319 e. The Morgan fingerprint density at radius 1 is 1.07 bits per heavy atom. The summed E-state index contributed by atoms with van der Waals surface area (Å²) in [4.78, 5) is 36.7. The minimum absolute atomic E-state index is 0.00220. The van der Waals surface area contributed by atoms with Gasteiger partial charge in [-0.15, -0.1) is 0 Å². The fraction of sp³-hybridized carbons (Fsp3) is 0.286. The molecule has 0 radical (unpaired) electrons. The van der Waals surface area contributed by atoms with Crippen LogP contribution in [0.15, 0.2) is 42.5 Å². The lowest BCUT2D eigenvalue weighted by molar-refractivity contribution is -0.128. The number of amides is 4. The number of carbonyl (C=O) groups excluding carboxylic acids is 3. The summed E-state index contributed by atoms with van der Waals surface area (Å²) in [6, 6.07) is 11.2. The first-order chi connectivity index (χ1) is 13.9. The van der Waals surface area contributed by atoms with Crippen molar-refractivity contribution in [2.24, 2.45) is 0 Å². The molecule has 0 atom stereocenters. The minimum atomic E-state index is -0.582. The van der Waals surface area contributed by atoms with Crippen molar-refractivity contribution in [3.8, 4) is 0 Å². The van der Waals surface area contributed by atoms with E-state index in [1.54, 1.807) is 0 Å². The number of likely N-dealkylation sites (tertiary alicyclic amines) is 1. The molecule has 0 unspecified atom stereocenters. The number of hydrogen-bond acceptors (Lipinski definition) is 3. The molecule has 0 spiro atoms. The molecule has 3 rings (SSSR count). The summed E-state index contributed by atoms with van der Waals surface area (Å²) in [5.41, 5.74) is 2.32. The Hall–Kier alpha value is -3.42. The lowest BCUT2D eigenvalue weighted by atomic mass is 10.1. The maximum absolute atomic E-state index is 13.7. The van der Waals surface area contributed by atoms with Gasteiger partial charge in [-0.25, -0.2) is 9.18 Å². The molecular formula is C21H23FN4O3. The highest BCUT2D eigenvalue weighted by Gasteiger charge is 2.19. The predicted octanol–water partition coefficient (Wildman–Crippen LogP) is 3.23. The van der Waals surface area contributed by atoms with Gasteiger partial charge in [-0.05, 0) is 35.7 Å². The Kier molecular flexibility index (Phi) is 6.43. The Morgan fingerprint density at radius 2 is 1.79 bits per heavy atom. The second kappa shape index (κ2) is 9.18. The summed E-state index contributed by atoms with van der Waals surface area (Å²) in [6.45, 7) is 3.00. The first-order valence-electron chi connectivity index (χ1n) is 9.38. The quantitative estimate of drug-likeness (QED) is 0.698. The molecule has 0 saturated carbocycles. The topological polar surface area (TPSA) is 90.5 Å². The highest BCUT2D eigenvalue weighted by atomic mass is 19.1. The van der Waals surface area contributed by atoms with Crippen molar-refractivity contribution in [3.05, 3.63) is 59.4 Å². The fourth-order valence-electron chi connectivity index (χ4n) is 3.10. The third kappa shape index (κ3) is 5.78. The summed E-state index contributed by atoms with van der Waals surface area (Å²) >= 11 is 0. The van der Waals surface area contributed by atoms with Crippen LogP contribution in [0, 0.1) is 5.82 Å². The molecule has 1 fully saturated rings. The molecule has 1 aliphatic rings. The number of halogens is 1. The zero-order valence-electron chi connectivity index (χ0n) is 16.1. The molecular weight excluding hydrogens is 375 g/mol. The number of rotatable bonds is 6. The highest BCUT2D eigenvalue weighted by molar-refractivity contribution is 5.92. The Balaban J connectivity index is 1.50. The van der Waals surface area contributed by atoms with Crippen LogP contribution in [0.4, 0.5) is 20.6 Å². The normalized spacial score (nSPS) is 13.3. The molecule has 0 aromatic heterocycles. The number of carbonyl (C=O) groups is 3. The Labute approximate surface area is 168 Å². The summed E-state index contributed by atoms with van der Waals surface area (Å²) in [5.74, 6) is -0.792. The van der Waals surface area contributed by atoms with Crippen molar-refractivity contribution >= 4 is 29.2 Å². The van der Waals surface area contributed by atoms with Crippen molar-refractivity contribution in [2.75, 3.05) is 17.2 Å². The SMILES string of the molecule is CC(=O)Nc1cc(NC(=O)NCc2ccc(CN3CCCC3=O)cc2)ccc1F. The first-order valence-corrected chi connectivity index (χ1v) is 9.38. The van der Waals surface area contributed by atoms with Gasteiger partial charge in [-0.3, -0.25) is 9.59 Å². The molecule has 8 heteroatoms. The average Bonchev–Trinajstić information content (AvgIpc) is 3.08. The third-order valence-corrected chi connectivity index (χ3v) is 4.56. The standard InChI is InChI=1S/C21H23FN4O3/c1-14(27)24-19-11-17(8-9-18(19)22)25-21(29)23-12-15-4-6-16(7-5-15)13-26-10-2-3-20(26)28/h4-9,11H,2-3,10,12-13H2,1H3,(H,24,27)(H2,23,25,29). The monoisotopic (exact) mass is 398 g/mol. The van der Waals surface area contributed by atoms with Crippen LogP contribution in [0.3, 0.4) is 0 Å². The van der Waals surface area contributed by atoms with Crippen LogP contribution in [0.25, 0.3) is 0 Å². The molecule has 0 aliphatic carbocycles. The fourth-order valence-corrected chi connectivity index (χ4v) is 3.10. The van der Waals surface area contributed by atoms with Gasteiger partial charge in [0.2, 0.25) is 11.8 Å². The van der Waals surface area contributed by atoms with Crippen LogP contribution < -0.4 is 16.0 Å². The van der Waals surface area contributed by atoms with E-state index in [-0.39, 0.29) is 11.6 Å². The number of nitrogens with zero attached hydrogens (tertiary/aromatic N) is 1. The van der Waals surface area contributed by atoms with Crippen LogP contribution in [0.1, 0.15) is 30.9 Å². The van der Waals surface area contributed by atoms with E-state index >= 15 is 0 Å². The minimum Gasteiger partial charge on any atom is -0.338 e. The van der Waals surface area contributed by atoms with E-state index in [0.29, 0.717) is 25.2 Å². The van der Waals surface area contributed by atoms with Gasteiger partial charge >= 0.3 is 6.03 Å². The van der Waals surface area contributed by atoms with Crippen LogP contribution >= 0.6 is 0 Å². The van der Waals surface area contributed by atoms with Gasteiger partial charge in [0.25, 0.3) is 0 Å². The molecule has 1 aliphatic heterocycles. The van der Waals surface area contributed by atoms with Crippen LogP contribution in [0.5, 0.6) is 0 Å². The molecule has 1 saturated heterocycles. The molecule has 7 nitrogen and oxygen atoms in total. The van der Waals surface area contributed by atoms with E-state index in [0.717, 1.165) is 24.1 Å². The van der Waals surface area contributed by atoms with Gasteiger partial charge in [-0.2, -0.15) is 0 Å². The van der Waals surface area contributed by atoms with E-state index in [1.165, 1.54) is 25.1 Å². The highest BCUT2D eigenvalue weighted by Crippen LogP contribution is 2.19. The van der Waals surface area contributed by atoms with E-state index in [2.05, 4.69) is 16.0 Å². The molecule has 4 amide bonds. The van der Waals surface area contributed by atoms with Crippen molar-refractivity contribution in [1.82, 2.24) is 10.2 Å². The average molecular weight is 398 g/mol. The zero-order chi connectivity index (χ0) is 20.8. The van der Waals surface area contributed by atoms with E-state index in [4.69, 9.17) is 0 Å². The van der Waals surface area contributed by atoms with Gasteiger partial charge < -0.3 is 20.9 Å². The van der Waals surface area contributed by atoms with Gasteiger partial charge in [0.1, 0.15) is 5.82 Å². The van der Waals surface area contributed by atoms with E-state index < -0.39 is 17.8 Å². The molecule has 152 valence electrons. The Morgan fingerprint density at radius 3 is 2.45 bits per heavy atom. The maximum atomic E-state index is 13.7. The Bertz CT molecular complexity index is 915. The molecule has 0 bridgehead atoms. The van der Waals surface area contributed by atoms with Crippen LogP contribution in [0.2, 0.25) is 0 Å². The molecule has 2 aromatic carbocycles. The smallest absolute Gasteiger partial charge is 0.319 e. The van der Waals surface area contributed by atoms with E-state index in [1.807, 2.05) is 29.2 Å².